The van der Waals surface area contributed by atoms with E-state index in [0.29, 0.717) is 22.5 Å². The fourth-order valence-electron chi connectivity index (χ4n) is 7.20. The molecule has 1 saturated heterocycles. The van der Waals surface area contributed by atoms with Gasteiger partial charge in [0.1, 0.15) is 6.54 Å². The number of hydrogen-bond acceptors (Lipinski definition) is 6. The number of benzene rings is 2. The lowest BCUT2D eigenvalue weighted by Gasteiger charge is -2.36. The van der Waals surface area contributed by atoms with Crippen molar-refractivity contribution in [3.8, 4) is 0 Å². The molecule has 4 aromatic rings. The molecule has 3 heterocycles. The summed E-state index contributed by atoms with van der Waals surface area (Å²) in [6, 6.07) is 29.8. The maximum atomic E-state index is 14.0. The highest BCUT2D eigenvalue weighted by Gasteiger charge is 2.67. The lowest BCUT2D eigenvalue weighted by atomic mass is 9.71. The molecule has 8 heteroatoms. The average Bonchev–Trinajstić information content (AvgIpc) is 3.66. The van der Waals surface area contributed by atoms with Crippen molar-refractivity contribution >= 4 is 23.4 Å². The van der Waals surface area contributed by atoms with Crippen LogP contribution in [0.1, 0.15) is 22.5 Å². The van der Waals surface area contributed by atoms with E-state index in [9.17, 15) is 24.6 Å². The molecule has 2 fully saturated rings. The highest BCUT2D eigenvalue weighted by atomic mass is 16.4. The van der Waals surface area contributed by atoms with Gasteiger partial charge in [0.25, 0.3) is 0 Å². The predicted octanol–water partition coefficient (Wildman–Crippen LogP) is 4.09. The van der Waals surface area contributed by atoms with Crippen LogP contribution in [-0.4, -0.2) is 49.4 Å². The SMILES string of the molecule is O=C(O)CN1C(=O)C2C3C=C(C(O)(c4ccccc4)c4ccccn4)C(C3=C(c3ccccc3)c3ccccn3)C2C1=O. The molecule has 0 radical (unpaired) electrons. The van der Waals surface area contributed by atoms with Crippen LogP contribution >= 0.6 is 0 Å². The van der Waals surface area contributed by atoms with E-state index in [1.807, 2.05) is 84.9 Å². The summed E-state index contributed by atoms with van der Waals surface area (Å²) in [4.78, 5) is 49.5. The second-order valence-corrected chi connectivity index (χ2v) is 11.0. The van der Waals surface area contributed by atoms with E-state index in [-0.39, 0.29) is 0 Å². The molecule has 3 aliphatic rings. The van der Waals surface area contributed by atoms with Gasteiger partial charge in [-0.2, -0.15) is 0 Å². The summed E-state index contributed by atoms with van der Waals surface area (Å²) in [5.41, 5.74) is 2.92. The number of hydrogen-bond donors (Lipinski definition) is 2. The number of aromatic nitrogens is 2. The Hall–Kier alpha value is -5.21. The standard InChI is InChI=1S/C35H27N3O5/c39-27(40)20-38-33(41)30-23-19-24(35(43,22-13-5-2-6-14-22)26-16-8-10-18-37-26)31(32(30)34(38)42)29(23)28(21-11-3-1-4-12-21)25-15-7-9-17-36-25/h1-19,23,30-32,43H,20H2,(H,39,40). The van der Waals surface area contributed by atoms with Crippen molar-refractivity contribution in [1.82, 2.24) is 14.9 Å². The first kappa shape index (κ1) is 26.7. The normalized spacial score (nSPS) is 24.9. The van der Waals surface area contributed by atoms with Crippen molar-refractivity contribution in [1.29, 1.82) is 0 Å². The first-order valence-corrected chi connectivity index (χ1v) is 14.1. The van der Waals surface area contributed by atoms with Gasteiger partial charge in [0.2, 0.25) is 11.8 Å². The highest BCUT2D eigenvalue weighted by Crippen LogP contribution is 2.64. The maximum Gasteiger partial charge on any atom is 0.323 e. The van der Waals surface area contributed by atoms with Gasteiger partial charge in [-0.3, -0.25) is 29.3 Å². The topological polar surface area (TPSA) is 121 Å². The molecule has 2 N–H and O–H groups in total. The van der Waals surface area contributed by atoms with Crippen molar-refractivity contribution in [3.63, 3.8) is 0 Å². The van der Waals surface area contributed by atoms with Gasteiger partial charge in [-0.1, -0.05) is 78.9 Å². The number of carboxylic acid groups (broad SMARTS) is 1. The maximum absolute atomic E-state index is 14.0. The van der Waals surface area contributed by atoms with Crippen molar-refractivity contribution in [2.75, 3.05) is 6.54 Å². The van der Waals surface area contributed by atoms with Crippen LogP contribution in [0.2, 0.25) is 0 Å². The van der Waals surface area contributed by atoms with Crippen molar-refractivity contribution in [2.24, 2.45) is 23.7 Å². The molecule has 2 amide bonds. The van der Waals surface area contributed by atoms with Gasteiger partial charge < -0.3 is 10.2 Å². The zero-order valence-corrected chi connectivity index (χ0v) is 22.9. The van der Waals surface area contributed by atoms with E-state index in [1.54, 1.807) is 30.6 Å². The van der Waals surface area contributed by atoms with E-state index in [1.165, 1.54) is 0 Å². The summed E-state index contributed by atoms with van der Waals surface area (Å²) in [7, 11) is 0. The van der Waals surface area contributed by atoms with Gasteiger partial charge in [-0.15, -0.1) is 0 Å². The summed E-state index contributed by atoms with van der Waals surface area (Å²) < 4.78 is 0. The minimum Gasteiger partial charge on any atom is -0.480 e. The Morgan fingerprint density at radius 3 is 2.05 bits per heavy atom. The number of carbonyl (C=O) groups is 3. The number of carbonyl (C=O) groups excluding carboxylic acids is 2. The minimum atomic E-state index is -1.73. The van der Waals surface area contributed by atoms with E-state index in [2.05, 4.69) is 9.97 Å². The van der Waals surface area contributed by atoms with Crippen LogP contribution in [0.4, 0.5) is 0 Å². The van der Waals surface area contributed by atoms with Gasteiger partial charge in [-0.05, 0) is 46.5 Å². The zero-order valence-electron chi connectivity index (χ0n) is 22.9. The Kier molecular flexibility index (Phi) is 6.36. The molecule has 2 bridgehead atoms. The molecule has 0 spiro atoms. The molecule has 2 aromatic carbocycles. The van der Waals surface area contributed by atoms with E-state index >= 15 is 0 Å². The van der Waals surface area contributed by atoms with Gasteiger partial charge in [0, 0.05) is 29.8 Å². The summed E-state index contributed by atoms with van der Waals surface area (Å²) in [6.45, 7) is -0.701. The number of imide groups is 1. The summed E-state index contributed by atoms with van der Waals surface area (Å²) in [5.74, 6) is -5.27. The molecule has 212 valence electrons. The molecular formula is C35H27N3O5. The minimum absolute atomic E-state index is 0.383. The molecule has 8 nitrogen and oxygen atoms in total. The fourth-order valence-corrected chi connectivity index (χ4v) is 7.20. The molecule has 5 unspecified atom stereocenters. The Bertz CT molecular complexity index is 1710. The average molecular weight is 570 g/mol. The third-order valence-electron chi connectivity index (χ3n) is 8.83. The number of rotatable bonds is 7. The van der Waals surface area contributed by atoms with E-state index in [0.717, 1.165) is 21.6 Å². The summed E-state index contributed by atoms with van der Waals surface area (Å²) in [5, 5.41) is 22.3. The van der Waals surface area contributed by atoms with Crippen molar-refractivity contribution in [2.45, 2.75) is 5.60 Å². The number of aliphatic carboxylic acids is 1. The Morgan fingerprint density at radius 1 is 0.791 bits per heavy atom. The van der Waals surface area contributed by atoms with Crippen LogP contribution in [0.15, 0.2) is 127 Å². The van der Waals surface area contributed by atoms with E-state index < -0.39 is 53.6 Å². The molecule has 2 aliphatic carbocycles. The lowest BCUT2D eigenvalue weighted by molar-refractivity contribution is -0.149. The van der Waals surface area contributed by atoms with Gasteiger partial charge in [0.05, 0.1) is 23.2 Å². The number of nitrogens with zero attached hydrogens (tertiary/aromatic N) is 3. The number of fused-ring (bicyclic) bond motifs is 5. The second kappa shape index (κ2) is 10.3. The molecule has 1 saturated carbocycles. The van der Waals surface area contributed by atoms with Crippen LogP contribution in [0.25, 0.3) is 5.57 Å². The second-order valence-electron chi connectivity index (χ2n) is 11.0. The molecule has 7 rings (SSSR count). The Labute approximate surface area is 247 Å². The third-order valence-corrected chi connectivity index (χ3v) is 8.83. The zero-order chi connectivity index (χ0) is 29.7. The number of aliphatic hydroxyl groups is 1. The quantitative estimate of drug-likeness (QED) is 0.254. The molecule has 1 aliphatic heterocycles. The number of amides is 2. The predicted molar refractivity (Wildman–Crippen MR) is 157 cm³/mol. The summed E-state index contributed by atoms with van der Waals surface area (Å²) in [6.07, 6.45) is 5.22. The smallest absolute Gasteiger partial charge is 0.323 e. The largest absolute Gasteiger partial charge is 0.480 e. The van der Waals surface area contributed by atoms with Crippen LogP contribution in [0.5, 0.6) is 0 Å². The molecular weight excluding hydrogens is 542 g/mol. The van der Waals surface area contributed by atoms with E-state index in [4.69, 9.17) is 0 Å². The monoisotopic (exact) mass is 569 g/mol. The van der Waals surface area contributed by atoms with Crippen LogP contribution in [0.3, 0.4) is 0 Å². The Balaban J connectivity index is 1.51. The molecule has 43 heavy (non-hydrogen) atoms. The summed E-state index contributed by atoms with van der Waals surface area (Å²) >= 11 is 0. The number of likely N-dealkylation sites (tertiary alicyclic amines) is 1. The number of carboxylic acids is 1. The van der Waals surface area contributed by atoms with Gasteiger partial charge in [-0.25, -0.2) is 0 Å². The van der Waals surface area contributed by atoms with Crippen molar-refractivity contribution < 1.29 is 24.6 Å². The van der Waals surface area contributed by atoms with Crippen LogP contribution in [0, 0.1) is 23.7 Å². The van der Waals surface area contributed by atoms with Crippen LogP contribution < -0.4 is 0 Å². The Morgan fingerprint density at radius 2 is 1.42 bits per heavy atom. The lowest BCUT2D eigenvalue weighted by Crippen LogP contribution is -2.39. The number of allylic oxidation sites excluding steroid dienone is 2. The molecule has 2 aromatic heterocycles. The van der Waals surface area contributed by atoms with Gasteiger partial charge >= 0.3 is 5.97 Å². The fraction of sp³-hybridized carbons (Fsp3) is 0.171. The third kappa shape index (κ3) is 4.06. The number of pyridine rings is 2. The first-order chi connectivity index (χ1) is 20.9. The first-order valence-electron chi connectivity index (χ1n) is 14.1. The van der Waals surface area contributed by atoms with Crippen molar-refractivity contribution in [3.05, 3.63) is 149 Å². The van der Waals surface area contributed by atoms with Crippen LogP contribution in [-0.2, 0) is 20.0 Å². The molecule has 5 atom stereocenters. The van der Waals surface area contributed by atoms with Gasteiger partial charge in [0.15, 0.2) is 5.60 Å². The highest BCUT2D eigenvalue weighted by molar-refractivity contribution is 6.09.